The number of aromatic nitrogens is 1. The van der Waals surface area contributed by atoms with Crippen LogP contribution in [0.25, 0.3) is 11.1 Å². The van der Waals surface area contributed by atoms with E-state index in [1.807, 2.05) is 39.1 Å². The van der Waals surface area contributed by atoms with Crippen LogP contribution in [0.15, 0.2) is 27.4 Å². The molecule has 0 aliphatic rings. The summed E-state index contributed by atoms with van der Waals surface area (Å²) in [7, 11) is 2.02. The molecule has 1 aromatic carbocycles. The second-order valence-electron chi connectivity index (χ2n) is 5.51. The molecule has 1 heterocycles. The third-order valence-corrected chi connectivity index (χ3v) is 2.62. The Morgan fingerprint density at radius 3 is 2.83 bits per heavy atom. The van der Waals surface area contributed by atoms with Gasteiger partial charge in [0.2, 0.25) is 0 Å². The fourth-order valence-electron chi connectivity index (χ4n) is 2.15. The Morgan fingerprint density at radius 2 is 2.17 bits per heavy atom. The first kappa shape index (κ1) is 12.9. The summed E-state index contributed by atoms with van der Waals surface area (Å²) in [6.07, 6.45) is 0. The van der Waals surface area contributed by atoms with Gasteiger partial charge in [0.1, 0.15) is 0 Å². The molecule has 0 saturated carbocycles. The van der Waals surface area contributed by atoms with Crippen LogP contribution < -0.4 is 11.5 Å². The number of aromatic amines is 1. The van der Waals surface area contributed by atoms with E-state index < -0.39 is 5.76 Å². The van der Waals surface area contributed by atoms with Gasteiger partial charge >= 0.3 is 5.76 Å². The fourth-order valence-corrected chi connectivity index (χ4v) is 2.15. The first-order valence-corrected chi connectivity index (χ1v) is 5.93. The highest BCUT2D eigenvalue weighted by Crippen LogP contribution is 2.14. The molecule has 0 unspecified atom stereocenters. The van der Waals surface area contributed by atoms with Crippen molar-refractivity contribution in [3.05, 3.63) is 34.3 Å². The van der Waals surface area contributed by atoms with E-state index in [9.17, 15) is 4.79 Å². The van der Waals surface area contributed by atoms with Gasteiger partial charge in [0.25, 0.3) is 0 Å². The molecule has 5 heteroatoms. The summed E-state index contributed by atoms with van der Waals surface area (Å²) in [6.45, 7) is 5.56. The lowest BCUT2D eigenvalue weighted by molar-refractivity contribution is 0.263. The molecule has 0 aliphatic carbocycles. The maximum absolute atomic E-state index is 11.1. The SMILES string of the molecule is CN(Cc1ccc2[nH]c(=O)oc2c1)CC(C)(C)N. The lowest BCUT2D eigenvalue weighted by Gasteiger charge is -2.26. The van der Waals surface area contributed by atoms with Gasteiger partial charge in [-0.15, -0.1) is 0 Å². The van der Waals surface area contributed by atoms with E-state index in [-0.39, 0.29) is 5.54 Å². The molecule has 2 aromatic rings. The van der Waals surface area contributed by atoms with E-state index >= 15 is 0 Å². The van der Waals surface area contributed by atoms with E-state index in [0.717, 1.165) is 24.2 Å². The van der Waals surface area contributed by atoms with E-state index in [0.29, 0.717) is 5.58 Å². The highest BCUT2D eigenvalue weighted by molar-refractivity contribution is 5.72. The van der Waals surface area contributed by atoms with Gasteiger partial charge in [-0.2, -0.15) is 0 Å². The predicted octanol–water partition coefficient (Wildman–Crippen LogP) is 1.29. The highest BCUT2D eigenvalue weighted by Gasteiger charge is 2.14. The standard InChI is InChI=1S/C13H19N3O2/c1-13(2,14)8-16(3)7-9-4-5-10-11(6-9)18-12(17)15-10/h4-6H,7-8,14H2,1-3H3,(H,15,17). The number of benzene rings is 1. The minimum Gasteiger partial charge on any atom is -0.408 e. The summed E-state index contributed by atoms with van der Waals surface area (Å²) in [6, 6.07) is 5.72. The summed E-state index contributed by atoms with van der Waals surface area (Å²) in [5.74, 6) is -0.418. The van der Waals surface area contributed by atoms with Gasteiger partial charge in [0, 0.05) is 18.6 Å². The van der Waals surface area contributed by atoms with Gasteiger partial charge in [-0.3, -0.25) is 4.98 Å². The molecule has 0 amide bonds. The third-order valence-electron chi connectivity index (χ3n) is 2.62. The Morgan fingerprint density at radius 1 is 1.44 bits per heavy atom. The van der Waals surface area contributed by atoms with Crippen LogP contribution in [0.4, 0.5) is 0 Å². The molecule has 18 heavy (non-hydrogen) atoms. The lowest BCUT2D eigenvalue weighted by atomic mass is 10.1. The number of fused-ring (bicyclic) bond motifs is 1. The number of oxazole rings is 1. The minimum atomic E-state index is -0.418. The lowest BCUT2D eigenvalue weighted by Crippen LogP contribution is -2.43. The van der Waals surface area contributed by atoms with Crippen molar-refractivity contribution in [1.82, 2.24) is 9.88 Å². The highest BCUT2D eigenvalue weighted by atomic mass is 16.4. The second-order valence-corrected chi connectivity index (χ2v) is 5.51. The molecule has 0 spiro atoms. The first-order chi connectivity index (χ1) is 8.33. The Hall–Kier alpha value is -1.59. The molecular weight excluding hydrogens is 230 g/mol. The number of likely N-dealkylation sites (N-methyl/N-ethyl adjacent to an activating group) is 1. The number of nitrogens with two attached hydrogens (primary N) is 1. The summed E-state index contributed by atoms with van der Waals surface area (Å²) in [5.41, 5.74) is 8.17. The zero-order chi connectivity index (χ0) is 13.3. The second kappa shape index (κ2) is 4.59. The van der Waals surface area contributed by atoms with Crippen molar-refractivity contribution in [2.45, 2.75) is 25.9 Å². The Kier molecular flexibility index (Phi) is 3.28. The summed E-state index contributed by atoms with van der Waals surface area (Å²) in [5, 5.41) is 0. The maximum atomic E-state index is 11.1. The van der Waals surface area contributed by atoms with Crippen molar-refractivity contribution in [1.29, 1.82) is 0 Å². The van der Waals surface area contributed by atoms with Crippen LogP contribution in [0.3, 0.4) is 0 Å². The minimum absolute atomic E-state index is 0.223. The predicted molar refractivity (Wildman–Crippen MR) is 71.4 cm³/mol. The van der Waals surface area contributed by atoms with Crippen molar-refractivity contribution in [2.75, 3.05) is 13.6 Å². The average molecular weight is 249 g/mol. The van der Waals surface area contributed by atoms with Crippen molar-refractivity contribution in [2.24, 2.45) is 5.73 Å². The molecule has 3 N–H and O–H groups in total. The molecule has 0 atom stereocenters. The molecule has 0 fully saturated rings. The van der Waals surface area contributed by atoms with Crippen LogP contribution in [-0.2, 0) is 6.54 Å². The molecular formula is C13H19N3O2. The zero-order valence-corrected chi connectivity index (χ0v) is 11.0. The van der Waals surface area contributed by atoms with Gasteiger partial charge in [0.05, 0.1) is 5.52 Å². The van der Waals surface area contributed by atoms with Gasteiger partial charge in [0.15, 0.2) is 5.58 Å². The van der Waals surface area contributed by atoms with Crippen LogP contribution in [-0.4, -0.2) is 29.0 Å². The molecule has 2 rings (SSSR count). The van der Waals surface area contributed by atoms with Gasteiger partial charge in [-0.05, 0) is 38.6 Å². The molecule has 98 valence electrons. The summed E-state index contributed by atoms with van der Waals surface area (Å²) < 4.78 is 5.04. The van der Waals surface area contributed by atoms with E-state index in [4.69, 9.17) is 10.2 Å². The number of nitrogens with zero attached hydrogens (tertiary/aromatic N) is 1. The monoisotopic (exact) mass is 249 g/mol. The van der Waals surface area contributed by atoms with Gasteiger partial charge in [-0.1, -0.05) is 6.07 Å². The largest absolute Gasteiger partial charge is 0.417 e. The van der Waals surface area contributed by atoms with Crippen LogP contribution in [0.1, 0.15) is 19.4 Å². The van der Waals surface area contributed by atoms with Gasteiger partial charge in [-0.25, -0.2) is 4.79 Å². The van der Waals surface area contributed by atoms with E-state index in [2.05, 4.69) is 9.88 Å². The molecule has 1 aromatic heterocycles. The number of nitrogens with one attached hydrogen (secondary N) is 1. The van der Waals surface area contributed by atoms with Crippen LogP contribution >= 0.6 is 0 Å². The summed E-state index contributed by atoms with van der Waals surface area (Å²) in [4.78, 5) is 15.8. The molecule has 0 bridgehead atoms. The quantitative estimate of drug-likeness (QED) is 0.856. The van der Waals surface area contributed by atoms with Gasteiger partial charge < -0.3 is 15.1 Å². The van der Waals surface area contributed by atoms with Crippen LogP contribution in [0, 0.1) is 0 Å². The third kappa shape index (κ3) is 3.21. The number of rotatable bonds is 4. The normalized spacial score (nSPS) is 12.5. The number of hydrogen-bond donors (Lipinski definition) is 2. The summed E-state index contributed by atoms with van der Waals surface area (Å²) >= 11 is 0. The maximum Gasteiger partial charge on any atom is 0.417 e. The molecule has 5 nitrogen and oxygen atoms in total. The molecule has 0 aliphatic heterocycles. The molecule has 0 saturated heterocycles. The smallest absolute Gasteiger partial charge is 0.408 e. The topological polar surface area (TPSA) is 75.3 Å². The Balaban J connectivity index is 2.14. The van der Waals surface area contributed by atoms with Crippen molar-refractivity contribution < 1.29 is 4.42 Å². The average Bonchev–Trinajstić information content (AvgIpc) is 2.53. The first-order valence-electron chi connectivity index (χ1n) is 5.93. The van der Waals surface area contributed by atoms with Crippen LogP contribution in [0.5, 0.6) is 0 Å². The van der Waals surface area contributed by atoms with Crippen LogP contribution in [0.2, 0.25) is 0 Å². The van der Waals surface area contributed by atoms with E-state index in [1.165, 1.54) is 0 Å². The Bertz CT molecular complexity index is 592. The molecule has 0 radical (unpaired) electrons. The number of H-pyrrole nitrogens is 1. The van der Waals surface area contributed by atoms with Crippen molar-refractivity contribution >= 4 is 11.1 Å². The van der Waals surface area contributed by atoms with Crippen molar-refractivity contribution in [3.63, 3.8) is 0 Å². The van der Waals surface area contributed by atoms with E-state index in [1.54, 1.807) is 0 Å². The fraction of sp³-hybridized carbons (Fsp3) is 0.462. The van der Waals surface area contributed by atoms with Crippen molar-refractivity contribution in [3.8, 4) is 0 Å². The number of hydrogen-bond acceptors (Lipinski definition) is 4. The zero-order valence-electron chi connectivity index (χ0n) is 11.0. The Labute approximate surface area is 106 Å².